The van der Waals surface area contributed by atoms with Crippen LogP contribution in [0, 0.1) is 0 Å². The third kappa shape index (κ3) is 6.39. The standard InChI is InChI=1S/C20H20ClF3N2O3/c1-4-28-17-9-13(8-16(21)18(17)29-12(2)3)11-25-26-19(27)14-6-5-7-15(10-14)20(22,23)24/h5-12H,4H2,1-3H3,(H,26,27)/b25-11-. The Kier molecular flexibility index (Phi) is 7.50. The molecule has 29 heavy (non-hydrogen) atoms. The number of ether oxygens (including phenoxy) is 2. The maximum Gasteiger partial charge on any atom is 0.416 e. The first-order chi connectivity index (χ1) is 13.6. The van der Waals surface area contributed by atoms with Gasteiger partial charge in [-0.25, -0.2) is 5.43 Å². The largest absolute Gasteiger partial charge is 0.490 e. The van der Waals surface area contributed by atoms with Crippen LogP contribution in [0.3, 0.4) is 0 Å². The highest BCUT2D eigenvalue weighted by Gasteiger charge is 2.30. The van der Waals surface area contributed by atoms with E-state index in [0.29, 0.717) is 28.7 Å². The van der Waals surface area contributed by atoms with Gasteiger partial charge in [-0.2, -0.15) is 18.3 Å². The fourth-order valence-corrected chi connectivity index (χ4v) is 2.61. The maximum atomic E-state index is 12.8. The van der Waals surface area contributed by atoms with Gasteiger partial charge in [0.25, 0.3) is 5.91 Å². The number of nitrogens with one attached hydrogen (secondary N) is 1. The highest BCUT2D eigenvalue weighted by molar-refractivity contribution is 6.32. The fourth-order valence-electron chi connectivity index (χ4n) is 2.34. The second-order valence-electron chi connectivity index (χ2n) is 6.21. The molecule has 9 heteroatoms. The monoisotopic (exact) mass is 428 g/mol. The normalized spacial score (nSPS) is 11.7. The topological polar surface area (TPSA) is 59.9 Å². The summed E-state index contributed by atoms with van der Waals surface area (Å²) in [6.45, 7) is 5.90. The van der Waals surface area contributed by atoms with Crippen LogP contribution in [0.5, 0.6) is 11.5 Å². The van der Waals surface area contributed by atoms with E-state index >= 15 is 0 Å². The zero-order valence-electron chi connectivity index (χ0n) is 16.0. The minimum atomic E-state index is -4.54. The molecule has 0 aliphatic rings. The van der Waals surface area contributed by atoms with E-state index in [4.69, 9.17) is 21.1 Å². The van der Waals surface area contributed by atoms with Crippen LogP contribution in [-0.2, 0) is 6.18 Å². The van der Waals surface area contributed by atoms with E-state index in [1.165, 1.54) is 12.3 Å². The molecule has 0 radical (unpaired) electrons. The fraction of sp³-hybridized carbons (Fsp3) is 0.300. The van der Waals surface area contributed by atoms with Gasteiger partial charge < -0.3 is 9.47 Å². The number of amides is 1. The highest BCUT2D eigenvalue weighted by Crippen LogP contribution is 2.37. The molecule has 0 saturated carbocycles. The van der Waals surface area contributed by atoms with Crippen LogP contribution in [0.4, 0.5) is 13.2 Å². The number of benzene rings is 2. The van der Waals surface area contributed by atoms with Crippen LogP contribution in [0.25, 0.3) is 0 Å². The second kappa shape index (κ2) is 9.65. The molecule has 2 aromatic carbocycles. The minimum absolute atomic E-state index is 0.113. The van der Waals surface area contributed by atoms with Gasteiger partial charge in [0.1, 0.15) is 0 Å². The predicted molar refractivity (Wildman–Crippen MR) is 105 cm³/mol. The number of hydrogen-bond acceptors (Lipinski definition) is 4. The molecular formula is C20H20ClF3N2O3. The first-order valence-electron chi connectivity index (χ1n) is 8.75. The summed E-state index contributed by atoms with van der Waals surface area (Å²) in [4.78, 5) is 12.1. The zero-order valence-corrected chi connectivity index (χ0v) is 16.8. The van der Waals surface area contributed by atoms with Gasteiger partial charge >= 0.3 is 6.18 Å². The second-order valence-corrected chi connectivity index (χ2v) is 6.61. The molecular weight excluding hydrogens is 409 g/mol. The lowest BCUT2D eigenvalue weighted by atomic mass is 10.1. The summed E-state index contributed by atoms with van der Waals surface area (Å²) in [7, 11) is 0. The van der Waals surface area contributed by atoms with Crippen molar-refractivity contribution in [2.75, 3.05) is 6.61 Å². The Morgan fingerprint density at radius 1 is 1.28 bits per heavy atom. The van der Waals surface area contributed by atoms with Gasteiger partial charge in [-0.3, -0.25) is 4.79 Å². The van der Waals surface area contributed by atoms with E-state index in [0.717, 1.165) is 18.2 Å². The third-order valence-electron chi connectivity index (χ3n) is 3.52. The predicted octanol–water partition coefficient (Wildman–Crippen LogP) is 5.31. The summed E-state index contributed by atoms with van der Waals surface area (Å²) >= 11 is 6.25. The molecule has 0 heterocycles. The van der Waals surface area contributed by atoms with Gasteiger partial charge in [0.05, 0.1) is 29.5 Å². The molecule has 0 unspecified atom stereocenters. The van der Waals surface area contributed by atoms with Gasteiger partial charge in [0.2, 0.25) is 0 Å². The molecule has 0 fully saturated rings. The summed E-state index contributed by atoms with van der Waals surface area (Å²) in [5, 5.41) is 4.08. The number of rotatable bonds is 7. The van der Waals surface area contributed by atoms with Crippen molar-refractivity contribution < 1.29 is 27.4 Å². The summed E-state index contributed by atoms with van der Waals surface area (Å²) in [6.07, 6.45) is -3.34. The first kappa shape index (κ1) is 22.5. The van der Waals surface area contributed by atoms with Crippen molar-refractivity contribution in [2.24, 2.45) is 5.10 Å². The summed E-state index contributed by atoms with van der Waals surface area (Å²) in [5.74, 6) is 0.0382. The van der Waals surface area contributed by atoms with Crippen molar-refractivity contribution in [2.45, 2.75) is 33.1 Å². The zero-order chi connectivity index (χ0) is 21.6. The number of carbonyl (C=O) groups is 1. The molecule has 5 nitrogen and oxygen atoms in total. The molecule has 0 aliphatic heterocycles. The lowest BCUT2D eigenvalue weighted by molar-refractivity contribution is -0.137. The molecule has 2 aromatic rings. The van der Waals surface area contributed by atoms with Gasteiger partial charge in [-0.05, 0) is 56.7 Å². The lowest BCUT2D eigenvalue weighted by Gasteiger charge is -2.16. The van der Waals surface area contributed by atoms with Crippen molar-refractivity contribution in [1.82, 2.24) is 5.43 Å². The molecule has 0 bridgehead atoms. The molecule has 0 atom stereocenters. The van der Waals surface area contributed by atoms with Crippen molar-refractivity contribution in [1.29, 1.82) is 0 Å². The number of alkyl halides is 3. The van der Waals surface area contributed by atoms with E-state index in [9.17, 15) is 18.0 Å². The maximum absolute atomic E-state index is 12.8. The number of hydrogen-bond donors (Lipinski definition) is 1. The Morgan fingerprint density at radius 2 is 2.00 bits per heavy atom. The number of carbonyl (C=O) groups excluding carboxylic acids is 1. The van der Waals surface area contributed by atoms with Gasteiger partial charge in [0.15, 0.2) is 11.5 Å². The molecule has 0 saturated heterocycles. The van der Waals surface area contributed by atoms with Crippen LogP contribution in [0.2, 0.25) is 5.02 Å². The molecule has 0 spiro atoms. The van der Waals surface area contributed by atoms with Crippen LogP contribution in [0.15, 0.2) is 41.5 Å². The van der Waals surface area contributed by atoms with Gasteiger partial charge in [0, 0.05) is 5.56 Å². The minimum Gasteiger partial charge on any atom is -0.490 e. The van der Waals surface area contributed by atoms with Crippen molar-refractivity contribution in [3.05, 3.63) is 58.1 Å². The van der Waals surface area contributed by atoms with Gasteiger partial charge in [-0.15, -0.1) is 0 Å². The van der Waals surface area contributed by atoms with Crippen molar-refractivity contribution >= 4 is 23.7 Å². The number of halogens is 4. The Morgan fingerprint density at radius 3 is 2.62 bits per heavy atom. The van der Waals surface area contributed by atoms with Crippen molar-refractivity contribution in [3.8, 4) is 11.5 Å². The van der Waals surface area contributed by atoms with E-state index in [1.54, 1.807) is 12.1 Å². The average Bonchev–Trinajstić information content (AvgIpc) is 2.64. The Bertz CT molecular complexity index is 899. The van der Waals surface area contributed by atoms with Crippen molar-refractivity contribution in [3.63, 3.8) is 0 Å². The van der Waals surface area contributed by atoms with Crippen LogP contribution >= 0.6 is 11.6 Å². The summed E-state index contributed by atoms with van der Waals surface area (Å²) < 4.78 is 49.5. The number of hydrazone groups is 1. The SMILES string of the molecule is CCOc1cc(/C=N\NC(=O)c2cccc(C(F)(F)F)c2)cc(Cl)c1OC(C)C. The summed E-state index contributed by atoms with van der Waals surface area (Å²) in [5.41, 5.74) is 1.63. The van der Waals surface area contributed by atoms with E-state index in [-0.39, 0.29) is 11.7 Å². The van der Waals surface area contributed by atoms with E-state index < -0.39 is 17.6 Å². The molecule has 1 amide bonds. The molecule has 2 rings (SSSR count). The number of nitrogens with zero attached hydrogens (tertiary/aromatic N) is 1. The first-order valence-corrected chi connectivity index (χ1v) is 9.13. The highest BCUT2D eigenvalue weighted by atomic mass is 35.5. The van der Waals surface area contributed by atoms with E-state index in [2.05, 4.69) is 10.5 Å². The van der Waals surface area contributed by atoms with Crippen LogP contribution < -0.4 is 14.9 Å². The summed E-state index contributed by atoms with van der Waals surface area (Å²) in [6, 6.07) is 7.27. The smallest absolute Gasteiger partial charge is 0.416 e. The Hall–Kier alpha value is -2.74. The average molecular weight is 429 g/mol. The molecule has 156 valence electrons. The Balaban J connectivity index is 2.16. The van der Waals surface area contributed by atoms with Crippen LogP contribution in [-0.4, -0.2) is 24.8 Å². The lowest BCUT2D eigenvalue weighted by Crippen LogP contribution is -2.18. The van der Waals surface area contributed by atoms with Crippen LogP contribution in [0.1, 0.15) is 42.3 Å². The Labute approximate surface area is 171 Å². The quantitative estimate of drug-likeness (QED) is 0.480. The third-order valence-corrected chi connectivity index (χ3v) is 3.80. The van der Waals surface area contributed by atoms with E-state index in [1.807, 2.05) is 20.8 Å². The molecule has 0 aliphatic carbocycles. The molecule has 0 aromatic heterocycles. The van der Waals surface area contributed by atoms with Gasteiger partial charge in [-0.1, -0.05) is 17.7 Å². The molecule has 1 N–H and O–H groups in total.